The van der Waals surface area contributed by atoms with Crippen molar-refractivity contribution in [1.82, 2.24) is 0 Å². The largest absolute Gasteiger partial charge is 0.495 e. The molecule has 1 rings (SSSR count). The summed E-state index contributed by atoms with van der Waals surface area (Å²) in [5.41, 5.74) is 7.21. The van der Waals surface area contributed by atoms with Gasteiger partial charge in [0.15, 0.2) is 0 Å². The van der Waals surface area contributed by atoms with E-state index in [4.69, 9.17) is 15.6 Å². The Kier molecular flexibility index (Phi) is 3.75. The van der Waals surface area contributed by atoms with Gasteiger partial charge in [0, 0.05) is 12.0 Å². The van der Waals surface area contributed by atoms with Crippen LogP contribution in [0.5, 0.6) is 0 Å². The van der Waals surface area contributed by atoms with Crippen molar-refractivity contribution in [2.75, 3.05) is 13.2 Å². The van der Waals surface area contributed by atoms with Crippen molar-refractivity contribution in [2.24, 2.45) is 11.7 Å². The highest BCUT2D eigenvalue weighted by Gasteiger charge is 2.25. The first-order chi connectivity index (χ1) is 6.16. The van der Waals surface area contributed by atoms with E-state index in [0.717, 1.165) is 18.6 Å². The van der Waals surface area contributed by atoms with Gasteiger partial charge in [-0.2, -0.15) is 0 Å². The first kappa shape index (κ1) is 10.5. The van der Waals surface area contributed by atoms with Crippen molar-refractivity contribution in [1.29, 1.82) is 0 Å². The minimum atomic E-state index is 0.0682. The topological polar surface area (TPSA) is 55.5 Å². The molecule has 0 amide bonds. The average Bonchev–Trinajstić information content (AvgIpc) is 2.12. The number of nitrogens with two attached hydrogens (primary N) is 1. The molecule has 3 N–H and O–H groups in total. The van der Waals surface area contributed by atoms with Crippen LogP contribution in [0.2, 0.25) is 0 Å². The SMILES string of the molecule is CC1=C(OCCO)C(C)C(N)CC1. The molecule has 0 fully saturated rings. The number of hydrogen-bond donors (Lipinski definition) is 2. The average molecular weight is 185 g/mol. The van der Waals surface area contributed by atoms with Crippen molar-refractivity contribution < 1.29 is 9.84 Å². The molecule has 3 nitrogen and oxygen atoms in total. The predicted octanol–water partition coefficient (Wildman–Crippen LogP) is 1.03. The van der Waals surface area contributed by atoms with Crippen LogP contribution >= 0.6 is 0 Å². The Morgan fingerprint density at radius 3 is 2.92 bits per heavy atom. The number of ether oxygens (including phenoxy) is 1. The molecule has 0 saturated heterocycles. The number of allylic oxidation sites excluding steroid dienone is 1. The summed E-state index contributed by atoms with van der Waals surface area (Å²) in [6.07, 6.45) is 2.06. The lowest BCUT2D eigenvalue weighted by Crippen LogP contribution is -2.33. The Labute approximate surface area is 79.6 Å². The fraction of sp³-hybridized carbons (Fsp3) is 0.800. The van der Waals surface area contributed by atoms with Gasteiger partial charge in [-0.3, -0.25) is 0 Å². The Balaban J connectivity index is 2.64. The molecule has 1 aliphatic carbocycles. The smallest absolute Gasteiger partial charge is 0.111 e. The molecule has 0 heterocycles. The summed E-state index contributed by atoms with van der Waals surface area (Å²) in [4.78, 5) is 0. The molecular formula is C10H19NO2. The van der Waals surface area contributed by atoms with E-state index in [2.05, 4.69) is 13.8 Å². The van der Waals surface area contributed by atoms with Crippen LogP contribution in [0.1, 0.15) is 26.7 Å². The minimum Gasteiger partial charge on any atom is -0.495 e. The number of aliphatic hydroxyl groups is 1. The monoisotopic (exact) mass is 185 g/mol. The molecule has 0 radical (unpaired) electrons. The summed E-state index contributed by atoms with van der Waals surface area (Å²) in [6.45, 7) is 4.61. The molecular weight excluding hydrogens is 166 g/mol. The van der Waals surface area contributed by atoms with Crippen LogP contribution in [0.25, 0.3) is 0 Å². The molecule has 1 aliphatic rings. The maximum absolute atomic E-state index is 8.66. The van der Waals surface area contributed by atoms with Gasteiger partial charge in [-0.1, -0.05) is 6.92 Å². The highest BCUT2D eigenvalue weighted by molar-refractivity contribution is 5.14. The van der Waals surface area contributed by atoms with Crippen molar-refractivity contribution in [3.8, 4) is 0 Å². The molecule has 2 unspecified atom stereocenters. The van der Waals surface area contributed by atoms with Crippen LogP contribution in [0.15, 0.2) is 11.3 Å². The van der Waals surface area contributed by atoms with Crippen LogP contribution in [0.4, 0.5) is 0 Å². The standard InChI is InChI=1S/C10H19NO2/c1-7-3-4-9(11)8(2)10(7)13-6-5-12/h8-9,12H,3-6,11H2,1-2H3. The van der Waals surface area contributed by atoms with E-state index in [-0.39, 0.29) is 12.6 Å². The minimum absolute atomic E-state index is 0.0682. The fourth-order valence-corrected chi connectivity index (χ4v) is 1.75. The van der Waals surface area contributed by atoms with Gasteiger partial charge in [0.25, 0.3) is 0 Å². The maximum Gasteiger partial charge on any atom is 0.111 e. The van der Waals surface area contributed by atoms with Crippen molar-refractivity contribution in [3.63, 3.8) is 0 Å². The van der Waals surface area contributed by atoms with E-state index in [0.29, 0.717) is 12.5 Å². The molecule has 0 aliphatic heterocycles. The van der Waals surface area contributed by atoms with Crippen LogP contribution in [0.3, 0.4) is 0 Å². The second-order valence-electron chi connectivity index (χ2n) is 3.71. The van der Waals surface area contributed by atoms with Gasteiger partial charge in [-0.25, -0.2) is 0 Å². The molecule has 0 aromatic carbocycles. The number of aliphatic hydroxyl groups excluding tert-OH is 1. The Morgan fingerprint density at radius 2 is 2.31 bits per heavy atom. The van der Waals surface area contributed by atoms with E-state index in [1.54, 1.807) is 0 Å². The lowest BCUT2D eigenvalue weighted by atomic mass is 9.86. The van der Waals surface area contributed by atoms with Crippen LogP contribution in [-0.2, 0) is 4.74 Å². The van der Waals surface area contributed by atoms with Gasteiger partial charge in [-0.05, 0) is 25.3 Å². The highest BCUT2D eigenvalue weighted by Crippen LogP contribution is 2.29. The van der Waals surface area contributed by atoms with Crippen molar-refractivity contribution in [2.45, 2.75) is 32.7 Å². The van der Waals surface area contributed by atoms with Crippen LogP contribution in [-0.4, -0.2) is 24.4 Å². The molecule has 0 saturated carbocycles. The van der Waals surface area contributed by atoms with Gasteiger partial charge >= 0.3 is 0 Å². The van der Waals surface area contributed by atoms with E-state index in [1.165, 1.54) is 5.57 Å². The molecule has 76 valence electrons. The van der Waals surface area contributed by atoms with E-state index >= 15 is 0 Å². The zero-order chi connectivity index (χ0) is 9.84. The summed E-state index contributed by atoms with van der Waals surface area (Å²) in [5.74, 6) is 1.29. The van der Waals surface area contributed by atoms with E-state index < -0.39 is 0 Å². The Bertz CT molecular complexity index is 201. The van der Waals surface area contributed by atoms with E-state index in [9.17, 15) is 0 Å². The van der Waals surface area contributed by atoms with Gasteiger partial charge in [0.1, 0.15) is 6.61 Å². The summed E-state index contributed by atoms with van der Waals surface area (Å²) < 4.78 is 5.48. The van der Waals surface area contributed by atoms with Crippen LogP contribution in [0, 0.1) is 5.92 Å². The molecule has 13 heavy (non-hydrogen) atoms. The molecule has 2 atom stereocenters. The Morgan fingerprint density at radius 1 is 1.62 bits per heavy atom. The lowest BCUT2D eigenvalue weighted by Gasteiger charge is -2.29. The fourth-order valence-electron chi connectivity index (χ4n) is 1.75. The zero-order valence-electron chi connectivity index (χ0n) is 8.42. The summed E-state index contributed by atoms with van der Waals surface area (Å²) in [6, 6.07) is 0.206. The molecule has 0 spiro atoms. The zero-order valence-corrected chi connectivity index (χ0v) is 8.42. The third-order valence-electron chi connectivity index (χ3n) is 2.68. The quantitative estimate of drug-likeness (QED) is 0.690. The van der Waals surface area contributed by atoms with Gasteiger partial charge in [-0.15, -0.1) is 0 Å². The molecule has 0 bridgehead atoms. The predicted molar refractivity (Wildman–Crippen MR) is 52.1 cm³/mol. The third-order valence-corrected chi connectivity index (χ3v) is 2.68. The summed E-state index contributed by atoms with van der Waals surface area (Å²) >= 11 is 0. The second kappa shape index (κ2) is 4.63. The summed E-state index contributed by atoms with van der Waals surface area (Å²) in [7, 11) is 0. The second-order valence-corrected chi connectivity index (χ2v) is 3.71. The van der Waals surface area contributed by atoms with Crippen molar-refractivity contribution >= 4 is 0 Å². The highest BCUT2D eigenvalue weighted by atomic mass is 16.5. The van der Waals surface area contributed by atoms with Crippen LogP contribution < -0.4 is 5.73 Å². The van der Waals surface area contributed by atoms with Crippen molar-refractivity contribution in [3.05, 3.63) is 11.3 Å². The van der Waals surface area contributed by atoms with Gasteiger partial charge in [0.05, 0.1) is 12.4 Å². The molecule has 0 aromatic rings. The number of rotatable bonds is 3. The molecule has 0 aromatic heterocycles. The first-order valence-corrected chi connectivity index (χ1v) is 4.85. The summed E-state index contributed by atoms with van der Waals surface area (Å²) in [5, 5.41) is 8.66. The normalized spacial score (nSPS) is 29.2. The van der Waals surface area contributed by atoms with E-state index in [1.807, 2.05) is 0 Å². The Hall–Kier alpha value is -0.540. The maximum atomic E-state index is 8.66. The molecule has 3 heteroatoms. The van der Waals surface area contributed by atoms with Gasteiger partial charge < -0.3 is 15.6 Å². The first-order valence-electron chi connectivity index (χ1n) is 4.85. The number of hydrogen-bond acceptors (Lipinski definition) is 3. The lowest BCUT2D eigenvalue weighted by molar-refractivity contribution is 0.114. The third kappa shape index (κ3) is 2.45. The van der Waals surface area contributed by atoms with Gasteiger partial charge in [0.2, 0.25) is 0 Å².